The predicted molar refractivity (Wildman–Crippen MR) is 83.3 cm³/mol. The van der Waals surface area contributed by atoms with Crippen LogP contribution in [0.15, 0.2) is 36.5 Å². The number of rotatable bonds is 3. The third kappa shape index (κ3) is 2.41. The molecule has 1 unspecified atom stereocenters. The lowest BCUT2D eigenvalue weighted by Crippen LogP contribution is -2.22. The summed E-state index contributed by atoms with van der Waals surface area (Å²) < 4.78 is 6.77. The van der Waals surface area contributed by atoms with Crippen molar-refractivity contribution in [2.45, 2.75) is 25.4 Å². The van der Waals surface area contributed by atoms with Crippen molar-refractivity contribution in [1.82, 2.24) is 19.6 Å². The molecule has 1 aliphatic carbocycles. The van der Waals surface area contributed by atoms with E-state index in [1.54, 1.807) is 17.8 Å². The lowest BCUT2D eigenvalue weighted by Gasteiger charge is -2.23. The van der Waals surface area contributed by atoms with Crippen LogP contribution in [-0.4, -0.2) is 32.5 Å². The van der Waals surface area contributed by atoms with Gasteiger partial charge < -0.3 is 4.74 Å². The Balaban J connectivity index is 1.80. The van der Waals surface area contributed by atoms with Gasteiger partial charge in [0.2, 0.25) is 0 Å². The maximum atomic E-state index is 12.5. The number of Topliss-reactive ketones (excluding diaryl/α,β-unsaturated/α-hetero) is 1. The molecule has 0 radical (unpaired) electrons. The topological polar surface area (TPSA) is 69.4 Å². The van der Waals surface area contributed by atoms with Crippen LogP contribution in [0.25, 0.3) is 5.78 Å². The van der Waals surface area contributed by atoms with E-state index in [9.17, 15) is 4.79 Å². The molecule has 0 amide bonds. The first-order valence-electron chi connectivity index (χ1n) is 7.57. The third-order valence-corrected chi connectivity index (χ3v) is 4.23. The monoisotopic (exact) mass is 308 g/mol. The molecule has 0 bridgehead atoms. The number of ketones is 1. The quantitative estimate of drug-likeness (QED) is 0.742. The molecule has 0 spiro atoms. The van der Waals surface area contributed by atoms with Crippen LogP contribution in [0.1, 0.15) is 39.8 Å². The first kappa shape index (κ1) is 14.0. The van der Waals surface area contributed by atoms with Crippen LogP contribution >= 0.6 is 0 Å². The summed E-state index contributed by atoms with van der Waals surface area (Å²) in [6, 6.07) is 10.1. The summed E-state index contributed by atoms with van der Waals surface area (Å²) in [4.78, 5) is 21.1. The number of carbonyl (C=O) groups is 1. The Kier molecular flexibility index (Phi) is 3.38. The highest BCUT2D eigenvalue weighted by molar-refractivity contribution is 5.98. The molecule has 0 saturated heterocycles. The van der Waals surface area contributed by atoms with E-state index >= 15 is 0 Å². The van der Waals surface area contributed by atoms with Crippen molar-refractivity contribution >= 4 is 11.6 Å². The van der Waals surface area contributed by atoms with E-state index in [-0.39, 0.29) is 11.7 Å². The molecule has 23 heavy (non-hydrogen) atoms. The minimum Gasteiger partial charge on any atom is -0.377 e. The van der Waals surface area contributed by atoms with Crippen molar-refractivity contribution in [3.8, 4) is 0 Å². The highest BCUT2D eigenvalue weighted by Crippen LogP contribution is 2.32. The van der Waals surface area contributed by atoms with Gasteiger partial charge >= 0.3 is 0 Å². The fraction of sp³-hybridized carbons (Fsp3) is 0.294. The number of hydrogen-bond acceptors (Lipinski definition) is 5. The second-order valence-electron chi connectivity index (χ2n) is 5.73. The average Bonchev–Trinajstić information content (AvgIpc) is 2.99. The van der Waals surface area contributed by atoms with Crippen molar-refractivity contribution < 1.29 is 9.53 Å². The minimum atomic E-state index is 0.110. The maximum Gasteiger partial charge on any atom is 0.252 e. The SMILES string of the molecule is COCc1nc2ncc3c(n2n1)CC(c1ccccc1)CC3=O. The highest BCUT2D eigenvalue weighted by atomic mass is 16.5. The van der Waals surface area contributed by atoms with E-state index in [1.807, 2.05) is 18.2 Å². The van der Waals surface area contributed by atoms with E-state index in [4.69, 9.17) is 4.74 Å². The number of benzene rings is 1. The normalized spacial score (nSPS) is 17.4. The fourth-order valence-corrected chi connectivity index (χ4v) is 3.14. The number of ether oxygens (including phenoxy) is 1. The van der Waals surface area contributed by atoms with Crippen LogP contribution in [0.3, 0.4) is 0 Å². The zero-order valence-electron chi connectivity index (χ0n) is 12.8. The molecule has 2 aromatic heterocycles. The van der Waals surface area contributed by atoms with Crippen molar-refractivity contribution in [1.29, 1.82) is 0 Å². The second-order valence-corrected chi connectivity index (χ2v) is 5.73. The number of methoxy groups -OCH3 is 1. The zero-order valence-corrected chi connectivity index (χ0v) is 12.8. The molecular formula is C17H16N4O2. The molecule has 1 aliphatic rings. The Morgan fingerprint density at radius 1 is 1.26 bits per heavy atom. The van der Waals surface area contributed by atoms with Gasteiger partial charge in [0.1, 0.15) is 6.61 Å². The smallest absolute Gasteiger partial charge is 0.252 e. The molecular weight excluding hydrogens is 292 g/mol. The van der Waals surface area contributed by atoms with Gasteiger partial charge in [-0.15, -0.1) is 5.10 Å². The summed E-state index contributed by atoms with van der Waals surface area (Å²) in [5.74, 6) is 1.36. The minimum absolute atomic E-state index is 0.110. The summed E-state index contributed by atoms with van der Waals surface area (Å²) >= 11 is 0. The van der Waals surface area contributed by atoms with Gasteiger partial charge in [-0.2, -0.15) is 4.98 Å². The van der Waals surface area contributed by atoms with E-state index < -0.39 is 0 Å². The predicted octanol–water partition coefficient (Wildman–Crippen LogP) is 2.18. The highest BCUT2D eigenvalue weighted by Gasteiger charge is 2.29. The molecule has 0 fully saturated rings. The largest absolute Gasteiger partial charge is 0.377 e. The molecule has 4 rings (SSSR count). The maximum absolute atomic E-state index is 12.5. The molecule has 0 saturated carbocycles. The molecule has 1 aromatic carbocycles. The summed E-state index contributed by atoms with van der Waals surface area (Å²) in [5, 5.41) is 4.44. The number of hydrogen-bond donors (Lipinski definition) is 0. The Hall–Kier alpha value is -2.60. The molecule has 2 heterocycles. The van der Waals surface area contributed by atoms with Crippen molar-refractivity contribution in [2.75, 3.05) is 7.11 Å². The summed E-state index contributed by atoms with van der Waals surface area (Å²) in [7, 11) is 1.60. The molecule has 116 valence electrons. The fourth-order valence-electron chi connectivity index (χ4n) is 3.14. The van der Waals surface area contributed by atoms with Crippen LogP contribution in [0.4, 0.5) is 0 Å². The molecule has 1 atom stereocenters. The van der Waals surface area contributed by atoms with Gasteiger partial charge in [0.15, 0.2) is 11.6 Å². The summed E-state index contributed by atoms with van der Waals surface area (Å²) in [6.45, 7) is 0.328. The van der Waals surface area contributed by atoms with E-state index in [2.05, 4.69) is 27.2 Å². The van der Waals surface area contributed by atoms with Gasteiger partial charge in [0.25, 0.3) is 5.78 Å². The van der Waals surface area contributed by atoms with Gasteiger partial charge in [-0.25, -0.2) is 9.50 Å². The lowest BCUT2D eigenvalue weighted by molar-refractivity contribution is 0.0962. The zero-order chi connectivity index (χ0) is 15.8. The number of fused-ring (bicyclic) bond motifs is 3. The van der Waals surface area contributed by atoms with Crippen molar-refractivity contribution in [3.63, 3.8) is 0 Å². The second kappa shape index (κ2) is 5.55. The summed E-state index contributed by atoms with van der Waals surface area (Å²) in [5.41, 5.74) is 2.71. The van der Waals surface area contributed by atoms with E-state index in [0.29, 0.717) is 30.2 Å². The first-order valence-corrected chi connectivity index (χ1v) is 7.57. The van der Waals surface area contributed by atoms with Gasteiger partial charge in [0, 0.05) is 19.7 Å². The van der Waals surface area contributed by atoms with Gasteiger partial charge in [-0.05, 0) is 17.9 Å². The Labute approximate surface area is 133 Å². The molecule has 0 aliphatic heterocycles. The Morgan fingerprint density at radius 3 is 2.87 bits per heavy atom. The molecule has 6 nitrogen and oxygen atoms in total. The van der Waals surface area contributed by atoms with Crippen molar-refractivity contribution in [2.24, 2.45) is 0 Å². The van der Waals surface area contributed by atoms with Crippen LogP contribution in [0.2, 0.25) is 0 Å². The standard InChI is InChI=1S/C17H16N4O2/c1-23-10-16-19-17-18-9-13-14(21(17)20-16)7-12(8-15(13)22)11-5-3-2-4-6-11/h2-6,9,12H,7-8,10H2,1H3. The Bertz CT molecular complexity index is 873. The number of aromatic nitrogens is 4. The van der Waals surface area contributed by atoms with Crippen LogP contribution in [-0.2, 0) is 17.8 Å². The van der Waals surface area contributed by atoms with Crippen LogP contribution in [0, 0.1) is 0 Å². The van der Waals surface area contributed by atoms with Gasteiger partial charge in [-0.3, -0.25) is 4.79 Å². The van der Waals surface area contributed by atoms with E-state index in [1.165, 1.54) is 5.56 Å². The Morgan fingerprint density at radius 2 is 2.09 bits per heavy atom. The van der Waals surface area contributed by atoms with Gasteiger partial charge in [-0.1, -0.05) is 30.3 Å². The van der Waals surface area contributed by atoms with Gasteiger partial charge in [0.05, 0.1) is 11.3 Å². The lowest BCUT2D eigenvalue weighted by atomic mass is 9.82. The molecule has 6 heteroatoms. The van der Waals surface area contributed by atoms with Crippen molar-refractivity contribution in [3.05, 3.63) is 59.2 Å². The molecule has 0 N–H and O–H groups in total. The average molecular weight is 308 g/mol. The number of carbonyl (C=O) groups excluding carboxylic acids is 1. The number of nitrogens with zero attached hydrogens (tertiary/aromatic N) is 4. The molecule has 3 aromatic rings. The van der Waals surface area contributed by atoms with Crippen LogP contribution in [0.5, 0.6) is 0 Å². The first-order chi connectivity index (χ1) is 11.3. The van der Waals surface area contributed by atoms with Crippen LogP contribution < -0.4 is 0 Å². The van der Waals surface area contributed by atoms with E-state index in [0.717, 1.165) is 12.1 Å². The summed E-state index contributed by atoms with van der Waals surface area (Å²) in [6.07, 6.45) is 2.88. The third-order valence-electron chi connectivity index (χ3n) is 4.23.